The molecule has 2 rings (SSSR count). The molecular formula is C12H17N3O3. The molecule has 2 N–H and O–H groups in total. The van der Waals surface area contributed by atoms with E-state index in [0.717, 1.165) is 32.4 Å². The van der Waals surface area contributed by atoms with Crippen molar-refractivity contribution in [2.24, 2.45) is 5.92 Å². The van der Waals surface area contributed by atoms with Crippen LogP contribution in [0.25, 0.3) is 0 Å². The summed E-state index contributed by atoms with van der Waals surface area (Å²) in [6.45, 7) is 1.54. The molecular weight excluding hydrogens is 234 g/mol. The van der Waals surface area contributed by atoms with E-state index in [1.54, 1.807) is 6.20 Å². The van der Waals surface area contributed by atoms with E-state index in [1.165, 1.54) is 6.20 Å². The molecule has 0 bridgehead atoms. The fourth-order valence-electron chi connectivity index (χ4n) is 2.33. The highest BCUT2D eigenvalue weighted by molar-refractivity contribution is 5.66. The van der Waals surface area contributed by atoms with Gasteiger partial charge in [0.2, 0.25) is 0 Å². The maximum Gasteiger partial charge on any atom is 0.303 e. The van der Waals surface area contributed by atoms with E-state index in [2.05, 4.69) is 9.97 Å². The molecule has 1 fully saturated rings. The fourth-order valence-corrected chi connectivity index (χ4v) is 2.33. The van der Waals surface area contributed by atoms with E-state index in [9.17, 15) is 9.59 Å². The summed E-state index contributed by atoms with van der Waals surface area (Å²) in [5.41, 5.74) is -0.165. The Balaban J connectivity index is 1.89. The molecule has 98 valence electrons. The Morgan fingerprint density at radius 1 is 1.50 bits per heavy atom. The monoisotopic (exact) mass is 251 g/mol. The van der Waals surface area contributed by atoms with Gasteiger partial charge in [-0.05, 0) is 25.2 Å². The summed E-state index contributed by atoms with van der Waals surface area (Å²) >= 11 is 0. The van der Waals surface area contributed by atoms with Crippen molar-refractivity contribution < 1.29 is 9.90 Å². The first-order valence-corrected chi connectivity index (χ1v) is 6.17. The average molecular weight is 251 g/mol. The smallest absolute Gasteiger partial charge is 0.303 e. The zero-order chi connectivity index (χ0) is 13.0. The molecule has 6 heteroatoms. The summed E-state index contributed by atoms with van der Waals surface area (Å²) in [7, 11) is 0. The minimum Gasteiger partial charge on any atom is -0.481 e. The molecule has 1 aromatic heterocycles. The van der Waals surface area contributed by atoms with E-state index < -0.39 is 5.97 Å². The summed E-state index contributed by atoms with van der Waals surface area (Å²) in [5.74, 6) is 0.174. The number of H-pyrrole nitrogens is 1. The second kappa shape index (κ2) is 5.66. The molecule has 0 radical (unpaired) electrons. The Bertz CT molecular complexity index is 464. The standard InChI is InChI=1S/C12H17N3O3/c16-10(17)2-1-9-3-7-15(8-4-9)11-12(18)14-6-5-13-11/h5-6,9H,1-4,7-8H2,(H,14,18)(H,16,17). The number of rotatable bonds is 4. The maximum atomic E-state index is 11.6. The number of hydrogen-bond donors (Lipinski definition) is 2. The number of piperidine rings is 1. The second-order valence-electron chi connectivity index (χ2n) is 4.60. The Labute approximate surface area is 105 Å². The lowest BCUT2D eigenvalue weighted by Crippen LogP contribution is -2.37. The Kier molecular flexibility index (Phi) is 3.96. The van der Waals surface area contributed by atoms with Gasteiger partial charge in [-0.2, -0.15) is 0 Å². The summed E-state index contributed by atoms with van der Waals surface area (Å²) in [5, 5.41) is 8.64. The number of carboxylic acid groups (broad SMARTS) is 1. The lowest BCUT2D eigenvalue weighted by molar-refractivity contribution is -0.137. The molecule has 0 atom stereocenters. The SMILES string of the molecule is O=C(O)CCC1CCN(c2ncc[nH]c2=O)CC1. The lowest BCUT2D eigenvalue weighted by atomic mass is 9.92. The van der Waals surface area contributed by atoms with Crippen LogP contribution in [-0.4, -0.2) is 34.1 Å². The number of aromatic nitrogens is 2. The first kappa shape index (κ1) is 12.6. The van der Waals surface area contributed by atoms with Crippen LogP contribution in [0.15, 0.2) is 17.2 Å². The van der Waals surface area contributed by atoms with E-state index in [-0.39, 0.29) is 12.0 Å². The van der Waals surface area contributed by atoms with Crippen LogP contribution in [0, 0.1) is 5.92 Å². The van der Waals surface area contributed by atoms with Gasteiger partial charge >= 0.3 is 5.97 Å². The van der Waals surface area contributed by atoms with Crippen LogP contribution in [0.2, 0.25) is 0 Å². The maximum absolute atomic E-state index is 11.6. The number of hydrogen-bond acceptors (Lipinski definition) is 4. The van der Waals surface area contributed by atoms with Gasteiger partial charge < -0.3 is 15.0 Å². The summed E-state index contributed by atoms with van der Waals surface area (Å²) in [6, 6.07) is 0. The van der Waals surface area contributed by atoms with Crippen molar-refractivity contribution in [3.05, 3.63) is 22.7 Å². The van der Waals surface area contributed by atoms with Gasteiger partial charge in [-0.1, -0.05) is 0 Å². The third-order valence-electron chi connectivity index (χ3n) is 3.37. The van der Waals surface area contributed by atoms with Crippen LogP contribution >= 0.6 is 0 Å². The molecule has 0 aromatic carbocycles. The number of aromatic amines is 1. The van der Waals surface area contributed by atoms with E-state index >= 15 is 0 Å². The number of anilines is 1. The molecule has 0 aliphatic carbocycles. The van der Waals surface area contributed by atoms with Crippen molar-refractivity contribution in [1.82, 2.24) is 9.97 Å². The average Bonchev–Trinajstić information content (AvgIpc) is 2.38. The Morgan fingerprint density at radius 3 is 2.83 bits per heavy atom. The van der Waals surface area contributed by atoms with E-state index in [1.807, 2.05) is 4.90 Å². The molecule has 18 heavy (non-hydrogen) atoms. The first-order valence-electron chi connectivity index (χ1n) is 6.17. The second-order valence-corrected chi connectivity index (χ2v) is 4.60. The topological polar surface area (TPSA) is 86.3 Å². The highest BCUT2D eigenvalue weighted by atomic mass is 16.4. The summed E-state index contributed by atoms with van der Waals surface area (Å²) in [6.07, 6.45) is 5.89. The quantitative estimate of drug-likeness (QED) is 0.828. The highest BCUT2D eigenvalue weighted by Crippen LogP contribution is 2.23. The third-order valence-corrected chi connectivity index (χ3v) is 3.37. The van der Waals surface area contributed by atoms with Crippen molar-refractivity contribution in [3.8, 4) is 0 Å². The zero-order valence-electron chi connectivity index (χ0n) is 10.1. The minimum atomic E-state index is -0.737. The number of carboxylic acids is 1. The van der Waals surface area contributed by atoms with Crippen LogP contribution in [-0.2, 0) is 4.79 Å². The predicted octanol–water partition coefficient (Wildman–Crippen LogP) is 0.851. The number of carbonyl (C=O) groups is 1. The van der Waals surface area contributed by atoms with Gasteiger partial charge in [-0.3, -0.25) is 9.59 Å². The zero-order valence-corrected chi connectivity index (χ0v) is 10.1. The van der Waals surface area contributed by atoms with Gasteiger partial charge in [-0.15, -0.1) is 0 Å². The van der Waals surface area contributed by atoms with Gasteiger partial charge in [0.05, 0.1) is 0 Å². The molecule has 0 unspecified atom stereocenters. The molecule has 6 nitrogen and oxygen atoms in total. The number of nitrogens with zero attached hydrogens (tertiary/aromatic N) is 2. The molecule has 0 spiro atoms. The summed E-state index contributed by atoms with van der Waals surface area (Å²) in [4.78, 5) is 30.8. The molecule has 0 saturated carbocycles. The van der Waals surface area contributed by atoms with Crippen molar-refractivity contribution in [1.29, 1.82) is 0 Å². The molecule has 1 saturated heterocycles. The normalized spacial score (nSPS) is 16.8. The van der Waals surface area contributed by atoms with Gasteiger partial charge in [-0.25, -0.2) is 4.98 Å². The van der Waals surface area contributed by atoms with Gasteiger partial charge in [0.1, 0.15) is 0 Å². The van der Waals surface area contributed by atoms with E-state index in [4.69, 9.17) is 5.11 Å². The van der Waals surface area contributed by atoms with Crippen LogP contribution in [0.5, 0.6) is 0 Å². The van der Waals surface area contributed by atoms with Gasteiger partial charge in [0.25, 0.3) is 5.56 Å². The number of aliphatic carboxylic acids is 1. The van der Waals surface area contributed by atoms with Crippen LogP contribution in [0.3, 0.4) is 0 Å². The van der Waals surface area contributed by atoms with Crippen molar-refractivity contribution in [3.63, 3.8) is 0 Å². The minimum absolute atomic E-state index is 0.165. The Morgan fingerprint density at radius 2 is 2.22 bits per heavy atom. The summed E-state index contributed by atoms with van der Waals surface area (Å²) < 4.78 is 0. The van der Waals surface area contributed by atoms with Gasteiger partial charge in [0.15, 0.2) is 5.82 Å². The van der Waals surface area contributed by atoms with Crippen molar-refractivity contribution in [2.45, 2.75) is 25.7 Å². The molecule has 2 heterocycles. The molecule has 1 aliphatic rings. The van der Waals surface area contributed by atoms with Crippen LogP contribution < -0.4 is 10.5 Å². The van der Waals surface area contributed by atoms with E-state index in [0.29, 0.717) is 11.7 Å². The van der Waals surface area contributed by atoms with Crippen LogP contribution in [0.1, 0.15) is 25.7 Å². The molecule has 1 aromatic rings. The first-order chi connectivity index (χ1) is 8.66. The van der Waals surface area contributed by atoms with Crippen molar-refractivity contribution >= 4 is 11.8 Å². The largest absolute Gasteiger partial charge is 0.481 e. The molecule has 1 aliphatic heterocycles. The van der Waals surface area contributed by atoms with Gasteiger partial charge in [0, 0.05) is 31.9 Å². The Hall–Kier alpha value is -1.85. The fraction of sp³-hybridized carbons (Fsp3) is 0.583. The number of nitrogens with one attached hydrogen (secondary N) is 1. The highest BCUT2D eigenvalue weighted by Gasteiger charge is 2.21. The van der Waals surface area contributed by atoms with Crippen LogP contribution in [0.4, 0.5) is 5.82 Å². The molecule has 0 amide bonds. The third kappa shape index (κ3) is 3.09. The van der Waals surface area contributed by atoms with Crippen molar-refractivity contribution in [2.75, 3.05) is 18.0 Å². The predicted molar refractivity (Wildman–Crippen MR) is 66.7 cm³/mol. The lowest BCUT2D eigenvalue weighted by Gasteiger charge is -2.31.